The Balaban J connectivity index is 0.00000289. The molecule has 4 nitrogen and oxygen atoms in total. The van der Waals surface area contributed by atoms with Crippen LogP contribution in [-0.4, -0.2) is 19.1 Å². The number of ether oxygens (including phenoxy) is 1. The first-order chi connectivity index (χ1) is 8.04. The summed E-state index contributed by atoms with van der Waals surface area (Å²) in [5, 5.41) is 2.85. The van der Waals surface area contributed by atoms with Crippen molar-refractivity contribution in [1.82, 2.24) is 0 Å². The molecule has 2 atom stereocenters. The Morgan fingerprint density at radius 2 is 2.11 bits per heavy atom. The molecule has 0 saturated carbocycles. The Morgan fingerprint density at radius 3 is 2.67 bits per heavy atom. The SMILES string of the molecule is COCc1cccc(NC(=O)C(C)C(C)N)c1.Cl. The van der Waals surface area contributed by atoms with Crippen LogP contribution in [0.5, 0.6) is 0 Å². The number of hydrogen-bond acceptors (Lipinski definition) is 3. The van der Waals surface area contributed by atoms with Gasteiger partial charge in [-0.25, -0.2) is 0 Å². The summed E-state index contributed by atoms with van der Waals surface area (Å²) in [6.45, 7) is 4.18. The third-order valence-corrected chi connectivity index (χ3v) is 2.71. The van der Waals surface area contributed by atoms with Gasteiger partial charge in [-0.15, -0.1) is 12.4 Å². The monoisotopic (exact) mass is 272 g/mol. The molecule has 0 aliphatic heterocycles. The van der Waals surface area contributed by atoms with Crippen LogP contribution in [0.3, 0.4) is 0 Å². The van der Waals surface area contributed by atoms with Crippen molar-refractivity contribution in [2.24, 2.45) is 11.7 Å². The van der Waals surface area contributed by atoms with Crippen molar-refractivity contribution in [3.63, 3.8) is 0 Å². The minimum absolute atomic E-state index is 0. The van der Waals surface area contributed by atoms with Crippen molar-refractivity contribution in [3.8, 4) is 0 Å². The first kappa shape index (κ1) is 16.9. The lowest BCUT2D eigenvalue weighted by Crippen LogP contribution is -2.34. The van der Waals surface area contributed by atoms with Gasteiger partial charge in [0.1, 0.15) is 0 Å². The standard InChI is InChI=1S/C13H20N2O2.ClH/c1-9(10(2)14)13(16)15-12-6-4-5-11(7-12)8-17-3;/h4-7,9-10H,8,14H2,1-3H3,(H,15,16);1H. The number of nitrogens with two attached hydrogens (primary N) is 1. The molecule has 1 amide bonds. The number of carbonyl (C=O) groups is 1. The quantitative estimate of drug-likeness (QED) is 0.863. The predicted molar refractivity (Wildman–Crippen MR) is 75.8 cm³/mol. The van der Waals surface area contributed by atoms with Crippen LogP contribution in [-0.2, 0) is 16.1 Å². The second-order valence-electron chi connectivity index (χ2n) is 4.27. The molecule has 18 heavy (non-hydrogen) atoms. The van der Waals surface area contributed by atoms with Crippen molar-refractivity contribution in [2.45, 2.75) is 26.5 Å². The average Bonchev–Trinajstić information content (AvgIpc) is 2.28. The van der Waals surface area contributed by atoms with E-state index >= 15 is 0 Å². The largest absolute Gasteiger partial charge is 0.380 e. The van der Waals surface area contributed by atoms with Crippen LogP contribution in [0.1, 0.15) is 19.4 Å². The van der Waals surface area contributed by atoms with Gasteiger partial charge in [0.25, 0.3) is 0 Å². The fourth-order valence-corrected chi connectivity index (χ4v) is 1.40. The van der Waals surface area contributed by atoms with Crippen LogP contribution in [0.2, 0.25) is 0 Å². The average molecular weight is 273 g/mol. The van der Waals surface area contributed by atoms with Crippen molar-refractivity contribution >= 4 is 24.0 Å². The molecule has 0 heterocycles. The minimum Gasteiger partial charge on any atom is -0.380 e. The van der Waals surface area contributed by atoms with Crippen molar-refractivity contribution in [1.29, 1.82) is 0 Å². The van der Waals surface area contributed by atoms with Gasteiger partial charge in [0.15, 0.2) is 0 Å². The van der Waals surface area contributed by atoms with Gasteiger partial charge in [-0.3, -0.25) is 4.79 Å². The Kier molecular flexibility index (Phi) is 7.59. The van der Waals surface area contributed by atoms with Crippen molar-refractivity contribution in [3.05, 3.63) is 29.8 Å². The number of rotatable bonds is 5. The molecule has 0 aromatic heterocycles. The number of anilines is 1. The van der Waals surface area contributed by atoms with Crippen molar-refractivity contribution in [2.75, 3.05) is 12.4 Å². The molecule has 1 rings (SSSR count). The molecule has 2 unspecified atom stereocenters. The van der Waals surface area contributed by atoms with E-state index < -0.39 is 0 Å². The van der Waals surface area contributed by atoms with Gasteiger partial charge in [-0.05, 0) is 24.6 Å². The van der Waals surface area contributed by atoms with E-state index in [-0.39, 0.29) is 30.3 Å². The highest BCUT2D eigenvalue weighted by molar-refractivity contribution is 5.92. The molecule has 0 aliphatic carbocycles. The van der Waals surface area contributed by atoms with Crippen LogP contribution in [0.4, 0.5) is 5.69 Å². The number of methoxy groups -OCH3 is 1. The molecule has 0 saturated heterocycles. The van der Waals surface area contributed by atoms with Gasteiger partial charge < -0.3 is 15.8 Å². The fraction of sp³-hybridized carbons (Fsp3) is 0.462. The van der Waals surface area contributed by atoms with Gasteiger partial charge in [0.2, 0.25) is 5.91 Å². The van der Waals surface area contributed by atoms with E-state index in [0.29, 0.717) is 6.61 Å². The molecule has 102 valence electrons. The van der Waals surface area contributed by atoms with E-state index in [1.54, 1.807) is 7.11 Å². The number of amides is 1. The number of hydrogen-bond donors (Lipinski definition) is 2. The highest BCUT2D eigenvalue weighted by atomic mass is 35.5. The third kappa shape index (κ3) is 5.04. The summed E-state index contributed by atoms with van der Waals surface area (Å²) < 4.78 is 5.04. The van der Waals surface area contributed by atoms with Crippen LogP contribution in [0.15, 0.2) is 24.3 Å². The summed E-state index contributed by atoms with van der Waals surface area (Å²) in [4.78, 5) is 11.8. The van der Waals surface area contributed by atoms with E-state index in [1.807, 2.05) is 38.1 Å². The third-order valence-electron chi connectivity index (χ3n) is 2.71. The molecule has 1 aromatic rings. The highest BCUT2D eigenvalue weighted by Gasteiger charge is 2.16. The molecule has 0 spiro atoms. The Hall–Kier alpha value is -1.10. The Morgan fingerprint density at radius 1 is 1.44 bits per heavy atom. The summed E-state index contributed by atoms with van der Waals surface area (Å²) in [5.74, 6) is -0.268. The molecule has 5 heteroatoms. The maximum Gasteiger partial charge on any atom is 0.228 e. The summed E-state index contributed by atoms with van der Waals surface area (Å²) in [7, 11) is 1.64. The van der Waals surface area contributed by atoms with Gasteiger partial charge in [0, 0.05) is 18.8 Å². The van der Waals surface area contributed by atoms with E-state index in [4.69, 9.17) is 10.5 Å². The Bertz CT molecular complexity index is 383. The smallest absolute Gasteiger partial charge is 0.228 e. The van der Waals surface area contributed by atoms with Gasteiger partial charge in [-0.1, -0.05) is 19.1 Å². The van der Waals surface area contributed by atoms with E-state index in [2.05, 4.69) is 5.32 Å². The van der Waals surface area contributed by atoms with Crippen LogP contribution in [0, 0.1) is 5.92 Å². The van der Waals surface area contributed by atoms with Crippen LogP contribution < -0.4 is 11.1 Å². The summed E-state index contributed by atoms with van der Waals surface area (Å²) in [5.41, 5.74) is 7.49. The summed E-state index contributed by atoms with van der Waals surface area (Å²) in [6.07, 6.45) is 0. The normalized spacial score (nSPS) is 13.3. The minimum atomic E-state index is -0.207. The molecule has 0 bridgehead atoms. The van der Waals surface area contributed by atoms with Crippen LogP contribution >= 0.6 is 12.4 Å². The lowest BCUT2D eigenvalue weighted by atomic mass is 10.0. The molecule has 0 fully saturated rings. The first-order valence-corrected chi connectivity index (χ1v) is 5.69. The lowest BCUT2D eigenvalue weighted by molar-refractivity contribution is -0.119. The van der Waals surface area contributed by atoms with E-state index in [9.17, 15) is 4.79 Å². The zero-order valence-corrected chi connectivity index (χ0v) is 11.8. The van der Waals surface area contributed by atoms with Gasteiger partial charge in [-0.2, -0.15) is 0 Å². The fourth-order valence-electron chi connectivity index (χ4n) is 1.40. The molecular weight excluding hydrogens is 252 g/mol. The van der Waals surface area contributed by atoms with Crippen LogP contribution in [0.25, 0.3) is 0 Å². The molecule has 3 N–H and O–H groups in total. The maximum atomic E-state index is 11.8. The number of benzene rings is 1. The molecule has 0 aliphatic rings. The second kappa shape index (κ2) is 8.08. The summed E-state index contributed by atoms with van der Waals surface area (Å²) >= 11 is 0. The number of halogens is 1. The lowest BCUT2D eigenvalue weighted by Gasteiger charge is -2.15. The maximum absolute atomic E-state index is 11.8. The van der Waals surface area contributed by atoms with Gasteiger partial charge >= 0.3 is 0 Å². The number of carbonyl (C=O) groups excluding carboxylic acids is 1. The highest BCUT2D eigenvalue weighted by Crippen LogP contribution is 2.13. The van der Waals surface area contributed by atoms with E-state index in [0.717, 1.165) is 11.3 Å². The Labute approximate surface area is 114 Å². The van der Waals surface area contributed by atoms with Crippen molar-refractivity contribution < 1.29 is 9.53 Å². The first-order valence-electron chi connectivity index (χ1n) is 5.69. The number of nitrogens with one attached hydrogen (secondary N) is 1. The molecular formula is C13H21ClN2O2. The summed E-state index contributed by atoms with van der Waals surface area (Å²) in [6, 6.07) is 7.44. The zero-order chi connectivity index (χ0) is 12.8. The predicted octanol–water partition coefficient (Wildman–Crippen LogP) is 2.18. The zero-order valence-electron chi connectivity index (χ0n) is 11.0. The molecule has 1 aromatic carbocycles. The second-order valence-corrected chi connectivity index (χ2v) is 4.27. The van der Waals surface area contributed by atoms with E-state index in [1.165, 1.54) is 0 Å². The van der Waals surface area contributed by atoms with Gasteiger partial charge in [0.05, 0.1) is 12.5 Å². The molecule has 0 radical (unpaired) electrons. The topological polar surface area (TPSA) is 64.3 Å².